The van der Waals surface area contributed by atoms with E-state index < -0.39 is 5.60 Å². The van der Waals surface area contributed by atoms with Gasteiger partial charge in [0.15, 0.2) is 0 Å². The van der Waals surface area contributed by atoms with E-state index in [0.717, 1.165) is 28.7 Å². The summed E-state index contributed by atoms with van der Waals surface area (Å²) in [5.74, 6) is 0. The first-order valence-corrected chi connectivity index (χ1v) is 10.8. The SMILES string of the molecule is O[C@](Cc1ccccc1Br)(c1ccccc1)C1CN(Cc2ccccc2)CCO1. The maximum atomic E-state index is 12.0. The van der Waals surface area contributed by atoms with Crippen molar-refractivity contribution in [3.05, 3.63) is 106 Å². The van der Waals surface area contributed by atoms with Gasteiger partial charge in [-0.05, 0) is 22.8 Å². The molecule has 2 atom stereocenters. The summed E-state index contributed by atoms with van der Waals surface area (Å²) in [5.41, 5.74) is 2.13. The number of ether oxygens (including phenoxy) is 1. The molecular formula is C25H26BrNO2. The van der Waals surface area contributed by atoms with Crippen LogP contribution >= 0.6 is 15.9 Å². The number of aliphatic hydroxyl groups is 1. The Balaban J connectivity index is 1.61. The highest BCUT2D eigenvalue weighted by Gasteiger charge is 2.42. The van der Waals surface area contributed by atoms with Gasteiger partial charge in [0.25, 0.3) is 0 Å². The minimum absolute atomic E-state index is 0.311. The summed E-state index contributed by atoms with van der Waals surface area (Å²) in [6.07, 6.45) is 0.178. The van der Waals surface area contributed by atoms with Crippen LogP contribution in [-0.2, 0) is 23.3 Å². The number of benzene rings is 3. The normalized spacial score (nSPS) is 19.6. The van der Waals surface area contributed by atoms with Crippen molar-refractivity contribution < 1.29 is 9.84 Å². The number of halogens is 1. The van der Waals surface area contributed by atoms with Crippen molar-refractivity contribution in [2.24, 2.45) is 0 Å². The van der Waals surface area contributed by atoms with Gasteiger partial charge in [0.1, 0.15) is 11.7 Å². The Morgan fingerprint density at radius 1 is 0.931 bits per heavy atom. The maximum absolute atomic E-state index is 12.0. The Kier molecular flexibility index (Phi) is 6.46. The molecule has 1 aliphatic rings. The molecule has 3 aromatic rings. The lowest BCUT2D eigenvalue weighted by molar-refractivity contribution is -0.149. The molecule has 0 bridgehead atoms. The molecule has 0 amide bonds. The van der Waals surface area contributed by atoms with Crippen LogP contribution in [0.3, 0.4) is 0 Å². The highest BCUT2D eigenvalue weighted by molar-refractivity contribution is 9.10. The number of morpholine rings is 1. The zero-order chi connectivity index (χ0) is 20.1. The number of rotatable bonds is 6. The molecule has 4 heteroatoms. The molecule has 1 saturated heterocycles. The molecule has 0 aliphatic carbocycles. The van der Waals surface area contributed by atoms with Crippen LogP contribution in [0.1, 0.15) is 16.7 Å². The van der Waals surface area contributed by atoms with Gasteiger partial charge in [-0.2, -0.15) is 0 Å². The van der Waals surface area contributed by atoms with Gasteiger partial charge in [-0.1, -0.05) is 94.8 Å². The first-order chi connectivity index (χ1) is 14.1. The average Bonchev–Trinajstić information content (AvgIpc) is 2.77. The van der Waals surface area contributed by atoms with E-state index in [2.05, 4.69) is 51.2 Å². The molecule has 0 spiro atoms. The summed E-state index contributed by atoms with van der Waals surface area (Å²) in [4.78, 5) is 2.37. The van der Waals surface area contributed by atoms with Gasteiger partial charge in [0.05, 0.1) is 6.61 Å². The van der Waals surface area contributed by atoms with Crippen LogP contribution in [0.5, 0.6) is 0 Å². The van der Waals surface area contributed by atoms with Crippen LogP contribution in [0.15, 0.2) is 89.4 Å². The molecule has 150 valence electrons. The molecule has 3 nitrogen and oxygen atoms in total. The lowest BCUT2D eigenvalue weighted by Crippen LogP contribution is -2.53. The summed E-state index contributed by atoms with van der Waals surface area (Å²) in [7, 11) is 0. The molecule has 4 rings (SSSR count). The molecule has 3 aromatic carbocycles. The Labute approximate surface area is 181 Å². The van der Waals surface area contributed by atoms with Crippen LogP contribution in [0.4, 0.5) is 0 Å². The Bertz CT molecular complexity index is 918. The molecule has 1 aliphatic heterocycles. The quantitative estimate of drug-likeness (QED) is 0.585. The standard InChI is InChI=1S/C25H26BrNO2/c26-23-14-8-7-11-21(23)17-25(28,22-12-5-2-6-13-22)24-19-27(15-16-29-24)18-20-9-3-1-4-10-20/h1-14,24,28H,15-19H2/t24?,25-/m1/s1. The highest BCUT2D eigenvalue weighted by atomic mass is 79.9. The molecule has 1 unspecified atom stereocenters. The van der Waals surface area contributed by atoms with E-state index in [9.17, 15) is 5.11 Å². The Morgan fingerprint density at radius 3 is 2.31 bits per heavy atom. The molecule has 29 heavy (non-hydrogen) atoms. The van der Waals surface area contributed by atoms with Crippen LogP contribution in [0.2, 0.25) is 0 Å². The summed E-state index contributed by atoms with van der Waals surface area (Å²) in [6.45, 7) is 3.03. The predicted molar refractivity (Wildman–Crippen MR) is 120 cm³/mol. The average molecular weight is 452 g/mol. The fourth-order valence-electron chi connectivity index (χ4n) is 4.04. The molecule has 1 N–H and O–H groups in total. The largest absolute Gasteiger partial charge is 0.382 e. The molecule has 0 aromatic heterocycles. The van der Waals surface area contributed by atoms with Crippen molar-refractivity contribution >= 4 is 15.9 Å². The van der Waals surface area contributed by atoms with Crippen LogP contribution < -0.4 is 0 Å². The van der Waals surface area contributed by atoms with E-state index in [1.807, 2.05) is 54.6 Å². The second-order valence-electron chi connectivity index (χ2n) is 7.64. The molecule has 1 heterocycles. The van der Waals surface area contributed by atoms with Crippen molar-refractivity contribution in [3.8, 4) is 0 Å². The molecule has 0 saturated carbocycles. The van der Waals surface area contributed by atoms with Crippen molar-refractivity contribution in [1.82, 2.24) is 4.90 Å². The van der Waals surface area contributed by atoms with Gasteiger partial charge in [-0.25, -0.2) is 0 Å². The van der Waals surface area contributed by atoms with Crippen molar-refractivity contribution in [2.75, 3.05) is 19.7 Å². The number of nitrogens with zero attached hydrogens (tertiary/aromatic N) is 1. The summed E-state index contributed by atoms with van der Waals surface area (Å²) >= 11 is 3.64. The van der Waals surface area contributed by atoms with E-state index in [1.54, 1.807) is 0 Å². The highest BCUT2D eigenvalue weighted by Crippen LogP contribution is 2.35. The van der Waals surface area contributed by atoms with Crippen LogP contribution in [0.25, 0.3) is 0 Å². The lowest BCUT2D eigenvalue weighted by Gasteiger charge is -2.42. The fraction of sp³-hybridized carbons (Fsp3) is 0.280. The van der Waals surface area contributed by atoms with Crippen molar-refractivity contribution in [1.29, 1.82) is 0 Å². The number of hydrogen-bond acceptors (Lipinski definition) is 3. The molecule has 1 fully saturated rings. The minimum Gasteiger partial charge on any atom is -0.382 e. The van der Waals surface area contributed by atoms with Gasteiger partial charge in [0.2, 0.25) is 0 Å². The topological polar surface area (TPSA) is 32.7 Å². The van der Waals surface area contributed by atoms with Gasteiger partial charge in [-0.3, -0.25) is 4.90 Å². The fourth-order valence-corrected chi connectivity index (χ4v) is 4.46. The van der Waals surface area contributed by atoms with Crippen LogP contribution in [-0.4, -0.2) is 35.8 Å². The van der Waals surface area contributed by atoms with E-state index in [4.69, 9.17) is 4.74 Å². The number of hydrogen-bond donors (Lipinski definition) is 1. The summed E-state index contributed by atoms with van der Waals surface area (Å²) in [6, 6.07) is 28.5. The molecule has 0 radical (unpaired) electrons. The zero-order valence-electron chi connectivity index (χ0n) is 16.4. The van der Waals surface area contributed by atoms with E-state index in [-0.39, 0.29) is 6.10 Å². The Hall–Kier alpha value is -1.98. The molecular weight excluding hydrogens is 426 g/mol. The first kappa shape index (κ1) is 20.3. The second-order valence-corrected chi connectivity index (χ2v) is 8.49. The lowest BCUT2D eigenvalue weighted by atomic mass is 9.81. The minimum atomic E-state index is -1.11. The smallest absolute Gasteiger partial charge is 0.121 e. The van der Waals surface area contributed by atoms with Crippen molar-refractivity contribution in [3.63, 3.8) is 0 Å². The third kappa shape index (κ3) is 4.78. The summed E-state index contributed by atoms with van der Waals surface area (Å²) in [5, 5.41) is 12.0. The van der Waals surface area contributed by atoms with Gasteiger partial charge < -0.3 is 9.84 Å². The third-order valence-corrected chi connectivity index (χ3v) is 6.40. The van der Waals surface area contributed by atoms with Crippen molar-refractivity contribution in [2.45, 2.75) is 24.7 Å². The van der Waals surface area contributed by atoms with E-state index in [1.165, 1.54) is 5.56 Å². The summed E-state index contributed by atoms with van der Waals surface area (Å²) < 4.78 is 7.18. The van der Waals surface area contributed by atoms with Gasteiger partial charge in [-0.15, -0.1) is 0 Å². The predicted octanol–water partition coefficient (Wildman–Crippen LogP) is 4.78. The maximum Gasteiger partial charge on any atom is 0.121 e. The van der Waals surface area contributed by atoms with Crippen LogP contribution in [0, 0.1) is 0 Å². The van der Waals surface area contributed by atoms with Gasteiger partial charge in [0, 0.05) is 30.5 Å². The first-order valence-electron chi connectivity index (χ1n) is 10.0. The monoisotopic (exact) mass is 451 g/mol. The van der Waals surface area contributed by atoms with E-state index >= 15 is 0 Å². The van der Waals surface area contributed by atoms with E-state index in [0.29, 0.717) is 19.6 Å². The Morgan fingerprint density at radius 2 is 1.59 bits per heavy atom. The van der Waals surface area contributed by atoms with Gasteiger partial charge >= 0.3 is 0 Å². The zero-order valence-corrected chi connectivity index (χ0v) is 18.0. The second kappa shape index (κ2) is 9.23. The third-order valence-electron chi connectivity index (χ3n) is 5.62.